The zero-order chi connectivity index (χ0) is 19.0. The summed E-state index contributed by atoms with van der Waals surface area (Å²) < 4.78 is 32.8. The van der Waals surface area contributed by atoms with E-state index in [0.29, 0.717) is 4.70 Å². The zero-order valence-corrected chi connectivity index (χ0v) is 15.8. The van der Waals surface area contributed by atoms with Crippen LogP contribution in [0, 0.1) is 0 Å². The molecule has 0 saturated heterocycles. The third-order valence-corrected chi connectivity index (χ3v) is 7.15. The Balaban J connectivity index is 1.63. The molecule has 4 rings (SSSR count). The fourth-order valence-corrected chi connectivity index (χ4v) is 5.27. The van der Waals surface area contributed by atoms with Gasteiger partial charge >= 0.3 is 0 Å². The number of carbonyl (C=O) groups is 1. The average Bonchev–Trinajstić information content (AvgIpc) is 3.36. The molecule has 0 fully saturated rings. The van der Waals surface area contributed by atoms with Crippen LogP contribution in [0.2, 0.25) is 0 Å². The minimum atomic E-state index is -3.74. The Morgan fingerprint density at radius 3 is 2.78 bits per heavy atom. The first-order valence-electron chi connectivity index (χ1n) is 7.47. The molecule has 8 nitrogen and oxygen atoms in total. The van der Waals surface area contributed by atoms with Gasteiger partial charge in [0, 0.05) is 6.07 Å². The number of carbonyl (C=O) groups excluding carboxylic acids is 1. The van der Waals surface area contributed by atoms with E-state index < -0.39 is 15.9 Å². The molecular formula is C16H11N3O5S3. The van der Waals surface area contributed by atoms with E-state index in [1.807, 2.05) is 0 Å². The topological polar surface area (TPSA) is 122 Å². The van der Waals surface area contributed by atoms with Gasteiger partial charge in [-0.3, -0.25) is 14.8 Å². The number of hydrogen-bond acceptors (Lipinski definition) is 8. The zero-order valence-electron chi connectivity index (χ0n) is 13.4. The fraction of sp³-hybridized carbons (Fsp3) is 0. The molecule has 0 aliphatic rings. The van der Waals surface area contributed by atoms with Crippen molar-refractivity contribution in [3.63, 3.8) is 0 Å². The van der Waals surface area contributed by atoms with Gasteiger partial charge in [-0.2, -0.15) is 0 Å². The van der Waals surface area contributed by atoms with Gasteiger partial charge in [0.1, 0.15) is 15.5 Å². The van der Waals surface area contributed by atoms with E-state index in [-0.39, 0.29) is 32.1 Å². The first kappa shape index (κ1) is 17.5. The molecule has 0 atom stereocenters. The summed E-state index contributed by atoms with van der Waals surface area (Å²) in [5.74, 6) is -0.550. The van der Waals surface area contributed by atoms with Crippen molar-refractivity contribution in [2.75, 3.05) is 10.0 Å². The van der Waals surface area contributed by atoms with E-state index in [1.165, 1.54) is 24.5 Å². The van der Waals surface area contributed by atoms with Crippen molar-refractivity contribution in [3.8, 4) is 5.75 Å². The Morgan fingerprint density at radius 2 is 2.07 bits per heavy atom. The first-order valence-corrected chi connectivity index (χ1v) is 10.6. The Morgan fingerprint density at radius 1 is 1.22 bits per heavy atom. The highest BCUT2D eigenvalue weighted by molar-refractivity contribution is 7.94. The van der Waals surface area contributed by atoms with Crippen LogP contribution in [-0.4, -0.2) is 24.4 Å². The van der Waals surface area contributed by atoms with Crippen molar-refractivity contribution in [1.29, 1.82) is 0 Å². The predicted octanol–water partition coefficient (Wildman–Crippen LogP) is 3.71. The Bertz CT molecular complexity index is 1210. The lowest BCUT2D eigenvalue weighted by atomic mass is 10.3. The number of amides is 1. The van der Waals surface area contributed by atoms with Crippen molar-refractivity contribution in [2.45, 2.75) is 4.21 Å². The van der Waals surface area contributed by atoms with Gasteiger partial charge in [-0.25, -0.2) is 13.4 Å². The summed E-state index contributed by atoms with van der Waals surface area (Å²) in [6, 6.07) is 9.03. The summed E-state index contributed by atoms with van der Waals surface area (Å²) in [7, 11) is -3.74. The van der Waals surface area contributed by atoms with E-state index in [4.69, 9.17) is 4.42 Å². The monoisotopic (exact) mass is 421 g/mol. The number of phenolic OH excluding ortho intramolecular Hbond substituents is 1. The quantitative estimate of drug-likeness (QED) is 0.452. The van der Waals surface area contributed by atoms with E-state index >= 15 is 0 Å². The predicted molar refractivity (Wildman–Crippen MR) is 103 cm³/mol. The Labute approximate surface area is 161 Å². The standard InChI is InChI=1S/C16H11N3O5S3/c20-10-7-9(19-27(22,23)13-4-2-6-25-13)8-12-14(10)17-16(26-12)18-15(21)11-3-1-5-24-11/h1-8,19-20H,(H,17,18,21). The van der Waals surface area contributed by atoms with Crippen LogP contribution >= 0.6 is 22.7 Å². The summed E-state index contributed by atoms with van der Waals surface area (Å²) in [5.41, 5.74) is 0.453. The third-order valence-electron chi connectivity index (χ3n) is 3.45. The molecule has 3 N–H and O–H groups in total. The number of thiazole rings is 1. The first-order chi connectivity index (χ1) is 12.9. The third kappa shape index (κ3) is 3.52. The van der Waals surface area contributed by atoms with Gasteiger partial charge in [-0.1, -0.05) is 17.4 Å². The Kier molecular flexibility index (Phi) is 4.34. The van der Waals surface area contributed by atoms with Crippen LogP contribution in [0.15, 0.2) is 56.7 Å². The number of benzene rings is 1. The average molecular weight is 421 g/mol. The molecule has 11 heteroatoms. The van der Waals surface area contributed by atoms with Gasteiger partial charge in [0.2, 0.25) is 0 Å². The number of thiophene rings is 1. The number of aromatic nitrogens is 1. The van der Waals surface area contributed by atoms with Crippen LogP contribution in [-0.2, 0) is 10.0 Å². The molecule has 4 aromatic rings. The number of anilines is 2. The molecule has 3 aromatic heterocycles. The van der Waals surface area contributed by atoms with E-state index in [1.54, 1.807) is 23.6 Å². The van der Waals surface area contributed by atoms with Gasteiger partial charge in [0.05, 0.1) is 16.7 Å². The van der Waals surface area contributed by atoms with Crippen LogP contribution in [0.25, 0.3) is 10.2 Å². The summed E-state index contributed by atoms with van der Waals surface area (Å²) >= 11 is 2.19. The smallest absolute Gasteiger partial charge is 0.293 e. The molecule has 0 bridgehead atoms. The molecule has 1 aromatic carbocycles. The van der Waals surface area contributed by atoms with Crippen LogP contribution < -0.4 is 10.0 Å². The second kappa shape index (κ2) is 6.68. The summed E-state index contributed by atoms with van der Waals surface area (Å²) in [5, 5.41) is 14.7. The van der Waals surface area contributed by atoms with Crippen LogP contribution in [0.1, 0.15) is 10.6 Å². The van der Waals surface area contributed by atoms with Crippen LogP contribution in [0.5, 0.6) is 5.75 Å². The summed E-state index contributed by atoms with van der Waals surface area (Å²) in [4.78, 5) is 16.2. The highest BCUT2D eigenvalue weighted by atomic mass is 32.2. The normalized spacial score (nSPS) is 11.6. The molecule has 138 valence electrons. The number of fused-ring (bicyclic) bond motifs is 1. The highest BCUT2D eigenvalue weighted by Gasteiger charge is 2.18. The van der Waals surface area contributed by atoms with Gasteiger partial charge in [-0.05, 0) is 29.6 Å². The summed E-state index contributed by atoms with van der Waals surface area (Å²) in [6.45, 7) is 0. The lowest BCUT2D eigenvalue weighted by Gasteiger charge is -2.06. The maximum atomic E-state index is 12.3. The molecule has 0 radical (unpaired) electrons. The molecule has 0 aliphatic carbocycles. The molecule has 0 saturated carbocycles. The van der Waals surface area contributed by atoms with E-state index in [0.717, 1.165) is 22.7 Å². The number of phenols is 1. The minimum Gasteiger partial charge on any atom is -0.506 e. The second-order valence-electron chi connectivity index (χ2n) is 5.33. The van der Waals surface area contributed by atoms with Crippen molar-refractivity contribution in [3.05, 3.63) is 53.8 Å². The summed E-state index contributed by atoms with van der Waals surface area (Å²) in [6.07, 6.45) is 1.38. The number of hydrogen-bond donors (Lipinski definition) is 3. The number of furan rings is 1. The minimum absolute atomic E-state index is 0.128. The highest BCUT2D eigenvalue weighted by Crippen LogP contribution is 2.35. The largest absolute Gasteiger partial charge is 0.506 e. The molecular weight excluding hydrogens is 410 g/mol. The van der Waals surface area contributed by atoms with Gasteiger partial charge in [0.25, 0.3) is 15.9 Å². The Hall–Kier alpha value is -2.89. The molecule has 0 spiro atoms. The SMILES string of the molecule is O=C(Nc1nc2c(O)cc(NS(=O)(=O)c3cccs3)cc2s1)c1ccco1. The fourth-order valence-electron chi connectivity index (χ4n) is 2.31. The van der Waals surface area contributed by atoms with Crippen molar-refractivity contribution in [1.82, 2.24) is 4.98 Å². The van der Waals surface area contributed by atoms with Crippen molar-refractivity contribution >= 4 is 59.6 Å². The lowest BCUT2D eigenvalue weighted by molar-refractivity contribution is 0.0996. The van der Waals surface area contributed by atoms with Gasteiger partial charge in [-0.15, -0.1) is 11.3 Å². The van der Waals surface area contributed by atoms with Gasteiger partial charge < -0.3 is 9.52 Å². The molecule has 1 amide bonds. The van der Waals surface area contributed by atoms with Crippen LogP contribution in [0.3, 0.4) is 0 Å². The lowest BCUT2D eigenvalue weighted by Crippen LogP contribution is -2.11. The number of sulfonamides is 1. The van der Waals surface area contributed by atoms with Crippen LogP contribution in [0.4, 0.5) is 10.8 Å². The maximum absolute atomic E-state index is 12.3. The second-order valence-corrected chi connectivity index (χ2v) is 9.22. The van der Waals surface area contributed by atoms with Gasteiger partial charge in [0.15, 0.2) is 10.9 Å². The number of rotatable bonds is 5. The molecule has 0 unspecified atom stereocenters. The maximum Gasteiger partial charge on any atom is 0.293 e. The number of nitrogens with one attached hydrogen (secondary N) is 2. The molecule has 27 heavy (non-hydrogen) atoms. The van der Waals surface area contributed by atoms with Crippen molar-refractivity contribution < 1.29 is 22.7 Å². The van der Waals surface area contributed by atoms with E-state index in [2.05, 4.69) is 15.0 Å². The molecule has 3 heterocycles. The molecule has 0 aliphatic heterocycles. The van der Waals surface area contributed by atoms with E-state index in [9.17, 15) is 18.3 Å². The number of nitrogens with zero attached hydrogens (tertiary/aromatic N) is 1. The van der Waals surface area contributed by atoms with Crippen molar-refractivity contribution in [2.24, 2.45) is 0 Å². The number of aromatic hydroxyl groups is 1.